The first-order valence-corrected chi connectivity index (χ1v) is 5.68. The third kappa shape index (κ3) is 3.61. The normalized spacial score (nSPS) is 11.8. The Bertz CT molecular complexity index is 352. The van der Waals surface area contributed by atoms with Crippen molar-refractivity contribution >= 4 is 17.4 Å². The number of hydrogen-bond donors (Lipinski definition) is 2. The van der Waals surface area contributed by atoms with Crippen LogP contribution in [0.3, 0.4) is 0 Å². The lowest BCUT2D eigenvalue weighted by Crippen LogP contribution is -2.10. The number of nitrogens with one attached hydrogen (secondary N) is 1. The van der Waals surface area contributed by atoms with Gasteiger partial charge in [0.1, 0.15) is 0 Å². The van der Waals surface area contributed by atoms with Crippen LogP contribution in [0.25, 0.3) is 0 Å². The third-order valence-electron chi connectivity index (χ3n) is 1.95. The van der Waals surface area contributed by atoms with Gasteiger partial charge >= 0.3 is 6.18 Å². The predicted octanol–water partition coefficient (Wildman–Crippen LogP) is 2.60. The summed E-state index contributed by atoms with van der Waals surface area (Å²) in [6, 6.07) is 3.44. The van der Waals surface area contributed by atoms with E-state index in [1.807, 2.05) is 7.05 Å². The Kier molecular flexibility index (Phi) is 4.49. The zero-order valence-electron chi connectivity index (χ0n) is 8.77. The molecule has 3 N–H and O–H groups in total. The number of nitrogen functional groups attached to an aromatic ring is 1. The molecule has 16 heavy (non-hydrogen) atoms. The van der Waals surface area contributed by atoms with E-state index in [0.717, 1.165) is 24.4 Å². The molecule has 0 aromatic heterocycles. The molecule has 1 aromatic carbocycles. The average Bonchev–Trinajstić information content (AvgIpc) is 2.19. The molecule has 1 aromatic rings. The Morgan fingerprint density at radius 3 is 2.56 bits per heavy atom. The van der Waals surface area contributed by atoms with Gasteiger partial charge in [-0.1, -0.05) is 0 Å². The van der Waals surface area contributed by atoms with E-state index >= 15 is 0 Å². The number of rotatable bonds is 4. The molecule has 0 saturated heterocycles. The van der Waals surface area contributed by atoms with Gasteiger partial charge in [-0.25, -0.2) is 0 Å². The number of alkyl halides is 3. The first-order chi connectivity index (χ1) is 7.45. The van der Waals surface area contributed by atoms with Crippen LogP contribution in [0.5, 0.6) is 0 Å². The van der Waals surface area contributed by atoms with E-state index < -0.39 is 11.7 Å². The summed E-state index contributed by atoms with van der Waals surface area (Å²) in [6.45, 7) is 0.783. The summed E-state index contributed by atoms with van der Waals surface area (Å²) >= 11 is 1.44. The van der Waals surface area contributed by atoms with Gasteiger partial charge in [-0.05, 0) is 25.2 Å². The first kappa shape index (κ1) is 13.2. The topological polar surface area (TPSA) is 38.0 Å². The van der Waals surface area contributed by atoms with Crippen LogP contribution in [0.1, 0.15) is 5.56 Å². The summed E-state index contributed by atoms with van der Waals surface area (Å²) in [7, 11) is 1.82. The zero-order chi connectivity index (χ0) is 12.2. The second-order valence-corrected chi connectivity index (χ2v) is 4.34. The molecular formula is C10H13F3N2S. The molecule has 2 nitrogen and oxygen atoms in total. The molecule has 0 saturated carbocycles. The predicted molar refractivity (Wildman–Crippen MR) is 60.5 cm³/mol. The van der Waals surface area contributed by atoms with Crippen LogP contribution in [0.15, 0.2) is 23.1 Å². The molecule has 0 unspecified atom stereocenters. The number of benzene rings is 1. The van der Waals surface area contributed by atoms with E-state index in [-0.39, 0.29) is 5.69 Å². The minimum atomic E-state index is -4.33. The van der Waals surface area contributed by atoms with Gasteiger partial charge in [0.05, 0.1) is 5.56 Å². The number of halogens is 3. The molecule has 0 spiro atoms. The van der Waals surface area contributed by atoms with E-state index in [4.69, 9.17) is 5.73 Å². The van der Waals surface area contributed by atoms with Crippen molar-refractivity contribution in [2.24, 2.45) is 0 Å². The molecule has 0 aliphatic rings. The third-order valence-corrected chi connectivity index (χ3v) is 3.04. The largest absolute Gasteiger partial charge is 0.416 e. The Labute approximate surface area is 96.4 Å². The Balaban J connectivity index is 2.76. The molecule has 0 bridgehead atoms. The fraction of sp³-hybridized carbons (Fsp3) is 0.400. The van der Waals surface area contributed by atoms with Gasteiger partial charge in [0, 0.05) is 22.9 Å². The lowest BCUT2D eigenvalue weighted by molar-refractivity contribution is -0.137. The highest BCUT2D eigenvalue weighted by molar-refractivity contribution is 7.99. The van der Waals surface area contributed by atoms with Crippen LogP contribution < -0.4 is 11.1 Å². The molecule has 0 aliphatic heterocycles. The van der Waals surface area contributed by atoms with Crippen LogP contribution >= 0.6 is 11.8 Å². The van der Waals surface area contributed by atoms with Crippen molar-refractivity contribution in [2.45, 2.75) is 11.1 Å². The maximum absolute atomic E-state index is 12.3. The molecule has 0 atom stereocenters. The van der Waals surface area contributed by atoms with Crippen molar-refractivity contribution in [1.29, 1.82) is 0 Å². The first-order valence-electron chi connectivity index (χ1n) is 4.69. The summed E-state index contributed by atoms with van der Waals surface area (Å²) in [5.74, 6) is 0.770. The van der Waals surface area contributed by atoms with Crippen molar-refractivity contribution < 1.29 is 13.2 Å². The van der Waals surface area contributed by atoms with E-state index in [0.29, 0.717) is 4.90 Å². The molecule has 0 aliphatic carbocycles. The maximum atomic E-state index is 12.3. The van der Waals surface area contributed by atoms with Crippen LogP contribution in [-0.4, -0.2) is 19.3 Å². The van der Waals surface area contributed by atoms with Crippen molar-refractivity contribution in [1.82, 2.24) is 5.32 Å². The van der Waals surface area contributed by atoms with Crippen molar-refractivity contribution in [3.63, 3.8) is 0 Å². The highest BCUT2D eigenvalue weighted by Crippen LogP contribution is 2.34. The van der Waals surface area contributed by atoms with Crippen molar-refractivity contribution in [2.75, 3.05) is 25.1 Å². The summed E-state index contributed by atoms with van der Waals surface area (Å²) in [4.78, 5) is 0.684. The van der Waals surface area contributed by atoms with E-state index in [2.05, 4.69) is 5.32 Å². The molecular weight excluding hydrogens is 237 g/mol. The van der Waals surface area contributed by atoms with Crippen LogP contribution in [-0.2, 0) is 6.18 Å². The molecule has 0 fully saturated rings. The summed E-state index contributed by atoms with van der Waals surface area (Å²) < 4.78 is 37.0. The lowest BCUT2D eigenvalue weighted by atomic mass is 10.2. The van der Waals surface area contributed by atoms with Crippen LogP contribution in [0.2, 0.25) is 0 Å². The fourth-order valence-corrected chi connectivity index (χ4v) is 2.04. The molecule has 0 amide bonds. The Hall–Kier alpha value is -0.880. The molecule has 0 radical (unpaired) electrons. The zero-order valence-corrected chi connectivity index (χ0v) is 9.58. The van der Waals surface area contributed by atoms with Gasteiger partial charge in [-0.2, -0.15) is 13.2 Å². The smallest absolute Gasteiger partial charge is 0.398 e. The second-order valence-electron chi connectivity index (χ2n) is 3.20. The number of anilines is 1. The highest BCUT2D eigenvalue weighted by atomic mass is 32.2. The molecule has 1 rings (SSSR count). The van der Waals surface area contributed by atoms with E-state index in [1.165, 1.54) is 17.8 Å². The molecule has 0 heterocycles. The van der Waals surface area contributed by atoms with Crippen LogP contribution in [0.4, 0.5) is 18.9 Å². The lowest BCUT2D eigenvalue weighted by Gasteiger charge is -2.10. The molecule has 90 valence electrons. The standard InChI is InChI=1S/C10H13F3N2S/c1-15-4-5-16-9-3-2-7(6-8(9)14)10(11,12)13/h2-3,6,15H,4-5,14H2,1H3. The van der Waals surface area contributed by atoms with Crippen LogP contribution in [0, 0.1) is 0 Å². The van der Waals surface area contributed by atoms with Gasteiger partial charge in [0.15, 0.2) is 0 Å². The average molecular weight is 250 g/mol. The van der Waals surface area contributed by atoms with E-state index in [1.54, 1.807) is 0 Å². The maximum Gasteiger partial charge on any atom is 0.416 e. The second kappa shape index (κ2) is 5.45. The number of nitrogens with two attached hydrogens (primary N) is 1. The number of hydrogen-bond acceptors (Lipinski definition) is 3. The summed E-state index contributed by atoms with van der Waals surface area (Å²) in [5, 5.41) is 2.95. The van der Waals surface area contributed by atoms with Gasteiger partial charge < -0.3 is 11.1 Å². The highest BCUT2D eigenvalue weighted by Gasteiger charge is 2.30. The van der Waals surface area contributed by atoms with Crippen molar-refractivity contribution in [3.05, 3.63) is 23.8 Å². The minimum absolute atomic E-state index is 0.177. The van der Waals surface area contributed by atoms with Gasteiger partial charge in [0.2, 0.25) is 0 Å². The SMILES string of the molecule is CNCCSc1ccc(C(F)(F)F)cc1N. The Morgan fingerprint density at radius 1 is 1.38 bits per heavy atom. The summed E-state index contributed by atoms with van der Waals surface area (Å²) in [5.41, 5.74) is 5.03. The van der Waals surface area contributed by atoms with E-state index in [9.17, 15) is 13.2 Å². The van der Waals surface area contributed by atoms with Gasteiger partial charge in [-0.3, -0.25) is 0 Å². The Morgan fingerprint density at radius 2 is 2.06 bits per heavy atom. The van der Waals surface area contributed by atoms with Gasteiger partial charge in [0.25, 0.3) is 0 Å². The van der Waals surface area contributed by atoms with Gasteiger partial charge in [-0.15, -0.1) is 11.8 Å². The monoisotopic (exact) mass is 250 g/mol. The summed E-state index contributed by atoms with van der Waals surface area (Å²) in [6.07, 6.45) is -4.33. The van der Waals surface area contributed by atoms with Crippen molar-refractivity contribution in [3.8, 4) is 0 Å². The number of thioether (sulfide) groups is 1. The fourth-order valence-electron chi connectivity index (χ4n) is 1.12. The quantitative estimate of drug-likeness (QED) is 0.490. The molecule has 6 heteroatoms. The minimum Gasteiger partial charge on any atom is -0.398 e.